The molecule has 1 aliphatic heterocycles. The number of likely N-dealkylation sites (tertiary alicyclic amines) is 1. The molecule has 0 aromatic carbocycles. The number of carboxylic acids is 1. The van der Waals surface area contributed by atoms with E-state index >= 15 is 0 Å². The zero-order valence-electron chi connectivity index (χ0n) is 10.8. The average molecular weight is 282 g/mol. The second-order valence-electron chi connectivity index (χ2n) is 4.56. The van der Waals surface area contributed by atoms with Crippen LogP contribution in [-0.2, 0) is 9.53 Å². The van der Waals surface area contributed by atoms with E-state index in [0.717, 1.165) is 6.20 Å². The molecule has 1 amide bonds. The summed E-state index contributed by atoms with van der Waals surface area (Å²) < 4.78 is 17.9. The summed E-state index contributed by atoms with van der Waals surface area (Å²) in [4.78, 5) is 27.9. The first-order valence-electron chi connectivity index (χ1n) is 6.30. The molecule has 0 saturated carbocycles. The molecule has 1 aromatic rings. The van der Waals surface area contributed by atoms with Crippen molar-refractivity contribution in [1.82, 2.24) is 9.88 Å². The van der Waals surface area contributed by atoms with E-state index in [1.165, 1.54) is 12.1 Å². The van der Waals surface area contributed by atoms with Crippen LogP contribution in [0.4, 0.5) is 4.39 Å². The van der Waals surface area contributed by atoms with Crippen LogP contribution in [0.25, 0.3) is 0 Å². The fraction of sp³-hybridized carbons (Fsp3) is 0.462. The summed E-state index contributed by atoms with van der Waals surface area (Å²) in [5.41, 5.74) is 0.205. The molecule has 0 bridgehead atoms. The number of hydrogen-bond acceptors (Lipinski definition) is 4. The lowest BCUT2D eigenvalue weighted by atomic mass is 10.1. The van der Waals surface area contributed by atoms with E-state index in [-0.39, 0.29) is 24.3 Å². The van der Waals surface area contributed by atoms with Crippen LogP contribution in [0, 0.1) is 5.82 Å². The summed E-state index contributed by atoms with van der Waals surface area (Å²) in [6.45, 7) is 0.627. The summed E-state index contributed by atoms with van der Waals surface area (Å²) in [5.74, 6) is -1.73. The molecule has 1 aliphatic rings. The van der Waals surface area contributed by atoms with E-state index < -0.39 is 11.8 Å². The van der Waals surface area contributed by atoms with Crippen molar-refractivity contribution in [2.24, 2.45) is 0 Å². The van der Waals surface area contributed by atoms with Crippen LogP contribution in [0.1, 0.15) is 23.3 Å². The zero-order chi connectivity index (χ0) is 14.5. The molecule has 0 aliphatic carbocycles. The Labute approximate surface area is 115 Å². The van der Waals surface area contributed by atoms with Crippen LogP contribution in [0.3, 0.4) is 0 Å². The third-order valence-electron chi connectivity index (χ3n) is 3.12. The average Bonchev–Trinajstić information content (AvgIpc) is 2.46. The van der Waals surface area contributed by atoms with Crippen LogP contribution >= 0.6 is 0 Å². The number of carbonyl (C=O) groups is 2. The van der Waals surface area contributed by atoms with Gasteiger partial charge in [0.25, 0.3) is 5.91 Å². The largest absolute Gasteiger partial charge is 0.480 e. The van der Waals surface area contributed by atoms with Crippen molar-refractivity contribution in [3.8, 4) is 0 Å². The van der Waals surface area contributed by atoms with Gasteiger partial charge in [0.1, 0.15) is 18.1 Å². The molecule has 1 saturated heterocycles. The summed E-state index contributed by atoms with van der Waals surface area (Å²) >= 11 is 0. The van der Waals surface area contributed by atoms with Gasteiger partial charge in [0, 0.05) is 13.1 Å². The number of nitrogens with zero attached hydrogens (tertiary/aromatic N) is 2. The van der Waals surface area contributed by atoms with E-state index in [9.17, 15) is 14.0 Å². The highest BCUT2D eigenvalue weighted by Crippen LogP contribution is 2.15. The molecule has 2 rings (SSSR count). The van der Waals surface area contributed by atoms with Crippen molar-refractivity contribution in [1.29, 1.82) is 0 Å². The fourth-order valence-corrected chi connectivity index (χ4v) is 2.08. The van der Waals surface area contributed by atoms with Crippen molar-refractivity contribution in [3.05, 3.63) is 29.8 Å². The van der Waals surface area contributed by atoms with Gasteiger partial charge in [0.15, 0.2) is 0 Å². The maximum absolute atomic E-state index is 12.7. The first-order valence-corrected chi connectivity index (χ1v) is 6.30. The quantitative estimate of drug-likeness (QED) is 0.888. The maximum Gasteiger partial charge on any atom is 0.329 e. The third-order valence-corrected chi connectivity index (χ3v) is 3.12. The number of aromatic nitrogens is 1. The Kier molecular flexibility index (Phi) is 4.62. The number of carbonyl (C=O) groups excluding carboxylic acids is 1. The molecule has 108 valence electrons. The van der Waals surface area contributed by atoms with Gasteiger partial charge in [-0.25, -0.2) is 14.2 Å². The van der Waals surface area contributed by atoms with Gasteiger partial charge in [0.05, 0.1) is 12.3 Å². The topological polar surface area (TPSA) is 79.7 Å². The van der Waals surface area contributed by atoms with Gasteiger partial charge in [-0.05, 0) is 25.0 Å². The van der Waals surface area contributed by atoms with Gasteiger partial charge in [-0.2, -0.15) is 0 Å². The minimum absolute atomic E-state index is 0.142. The molecular weight excluding hydrogens is 267 g/mol. The minimum Gasteiger partial charge on any atom is -0.480 e. The maximum atomic E-state index is 12.7. The van der Waals surface area contributed by atoms with Gasteiger partial charge in [-0.1, -0.05) is 0 Å². The van der Waals surface area contributed by atoms with Crippen molar-refractivity contribution in [3.63, 3.8) is 0 Å². The molecule has 2 heterocycles. The second-order valence-corrected chi connectivity index (χ2v) is 4.56. The second kappa shape index (κ2) is 6.42. The van der Waals surface area contributed by atoms with Crippen LogP contribution < -0.4 is 0 Å². The number of pyridine rings is 1. The Morgan fingerprint density at radius 3 is 2.65 bits per heavy atom. The minimum atomic E-state index is -1.00. The van der Waals surface area contributed by atoms with Gasteiger partial charge >= 0.3 is 5.97 Å². The first kappa shape index (κ1) is 14.4. The Balaban J connectivity index is 1.85. The van der Waals surface area contributed by atoms with Gasteiger partial charge in [-0.3, -0.25) is 4.79 Å². The molecule has 1 fully saturated rings. The summed E-state index contributed by atoms with van der Waals surface area (Å²) in [6.07, 6.45) is 2.03. The molecular formula is C13H15FN2O4. The number of halogens is 1. The van der Waals surface area contributed by atoms with Crippen molar-refractivity contribution >= 4 is 11.9 Å². The molecule has 0 atom stereocenters. The highest BCUT2D eigenvalue weighted by atomic mass is 19.1. The molecule has 20 heavy (non-hydrogen) atoms. The molecule has 1 N–H and O–H groups in total. The third kappa shape index (κ3) is 3.74. The highest BCUT2D eigenvalue weighted by Gasteiger charge is 2.25. The molecule has 0 unspecified atom stereocenters. The monoisotopic (exact) mass is 282 g/mol. The van der Waals surface area contributed by atoms with E-state index in [1.54, 1.807) is 4.90 Å². The van der Waals surface area contributed by atoms with Crippen LogP contribution in [-0.4, -0.2) is 52.7 Å². The molecule has 0 radical (unpaired) electrons. The lowest BCUT2D eigenvalue weighted by Crippen LogP contribution is -2.41. The number of hydrogen-bond donors (Lipinski definition) is 1. The van der Waals surface area contributed by atoms with E-state index in [1.807, 2.05) is 0 Å². The zero-order valence-corrected chi connectivity index (χ0v) is 10.8. The van der Waals surface area contributed by atoms with E-state index in [0.29, 0.717) is 25.9 Å². The summed E-state index contributed by atoms with van der Waals surface area (Å²) in [6, 6.07) is 2.55. The predicted molar refractivity (Wildman–Crippen MR) is 66.7 cm³/mol. The number of aliphatic carboxylic acids is 1. The SMILES string of the molecule is O=C(O)COC1CCN(C(=O)c2ccc(F)cn2)CC1. The van der Waals surface area contributed by atoms with Crippen molar-refractivity contribution in [2.45, 2.75) is 18.9 Å². The van der Waals surface area contributed by atoms with Crippen LogP contribution in [0.5, 0.6) is 0 Å². The number of amides is 1. The van der Waals surface area contributed by atoms with E-state index in [4.69, 9.17) is 9.84 Å². The predicted octanol–water partition coefficient (Wildman–Crippen LogP) is 0.926. The molecule has 1 aromatic heterocycles. The van der Waals surface area contributed by atoms with Crippen LogP contribution in [0.2, 0.25) is 0 Å². The summed E-state index contributed by atoms with van der Waals surface area (Å²) in [5, 5.41) is 8.53. The molecule has 7 heteroatoms. The first-order chi connectivity index (χ1) is 9.56. The Morgan fingerprint density at radius 1 is 1.40 bits per heavy atom. The Bertz CT molecular complexity index is 484. The standard InChI is InChI=1S/C13H15FN2O4/c14-9-1-2-11(15-7-9)13(19)16-5-3-10(4-6-16)20-8-12(17)18/h1-2,7,10H,3-6,8H2,(H,17,18). The van der Waals surface area contributed by atoms with Gasteiger partial charge < -0.3 is 14.7 Å². The number of ether oxygens (including phenoxy) is 1. The number of rotatable bonds is 4. The van der Waals surface area contributed by atoms with Gasteiger partial charge in [0.2, 0.25) is 0 Å². The fourth-order valence-electron chi connectivity index (χ4n) is 2.08. The Morgan fingerprint density at radius 2 is 2.10 bits per heavy atom. The normalized spacial score (nSPS) is 16.1. The summed E-state index contributed by atoms with van der Waals surface area (Å²) in [7, 11) is 0. The molecule has 0 spiro atoms. The highest BCUT2D eigenvalue weighted by molar-refractivity contribution is 5.92. The number of piperidine rings is 1. The number of carboxylic acid groups (broad SMARTS) is 1. The lowest BCUT2D eigenvalue weighted by molar-refractivity contribution is -0.145. The smallest absolute Gasteiger partial charge is 0.329 e. The van der Waals surface area contributed by atoms with Gasteiger partial charge in [-0.15, -0.1) is 0 Å². The van der Waals surface area contributed by atoms with Crippen molar-refractivity contribution in [2.75, 3.05) is 19.7 Å². The van der Waals surface area contributed by atoms with Crippen molar-refractivity contribution < 1.29 is 23.8 Å². The Hall–Kier alpha value is -2.02. The lowest BCUT2D eigenvalue weighted by Gasteiger charge is -2.31. The molecule has 6 nitrogen and oxygen atoms in total. The van der Waals surface area contributed by atoms with E-state index in [2.05, 4.69) is 4.98 Å². The van der Waals surface area contributed by atoms with Crippen LogP contribution in [0.15, 0.2) is 18.3 Å².